The molecular weight excluding hydrogens is 526 g/mol. The van der Waals surface area contributed by atoms with Crippen LogP contribution in [0.1, 0.15) is 30.3 Å². The number of aliphatic carboxylic acids is 3. The minimum atomic E-state index is -1.02. The molecular formula is C26H35N5O9. The van der Waals surface area contributed by atoms with Crippen molar-refractivity contribution < 1.29 is 34.4 Å². The minimum Gasteiger partial charge on any atom is -0.488 e. The Kier molecular flexibility index (Phi) is 11.1. The fourth-order valence-electron chi connectivity index (χ4n) is 4.64. The van der Waals surface area contributed by atoms with Gasteiger partial charge in [0.15, 0.2) is 5.75 Å². The zero-order chi connectivity index (χ0) is 29.2. The fourth-order valence-corrected chi connectivity index (χ4v) is 4.64. The van der Waals surface area contributed by atoms with Crippen molar-refractivity contribution in [2.75, 3.05) is 64.3 Å². The summed E-state index contributed by atoms with van der Waals surface area (Å²) in [7, 11) is 0. The summed E-state index contributed by atoms with van der Waals surface area (Å²) in [5.41, 5.74) is 1.09. The molecule has 0 aliphatic carbocycles. The van der Waals surface area contributed by atoms with Gasteiger partial charge in [-0.25, -0.2) is 0 Å². The summed E-state index contributed by atoms with van der Waals surface area (Å²) in [6.07, 6.45) is 1.19. The maximum absolute atomic E-state index is 11.8. The molecule has 0 spiro atoms. The molecule has 4 N–H and O–H groups in total. The zero-order valence-electron chi connectivity index (χ0n) is 22.4. The first kappa shape index (κ1) is 30.7. The number of anilines is 1. The number of nitrogens with zero attached hydrogens (tertiary/aromatic N) is 4. The number of carboxylic acid groups (broad SMARTS) is 3. The maximum Gasteiger partial charge on any atom is 0.317 e. The quantitative estimate of drug-likeness (QED) is 0.177. The Labute approximate surface area is 230 Å². The predicted octanol–water partition coefficient (Wildman–Crippen LogP) is -0.706. The van der Waals surface area contributed by atoms with Crippen LogP contribution in [0.4, 0.5) is 5.69 Å². The molecule has 14 heteroatoms. The number of carbonyl (C=O) groups is 3. The van der Waals surface area contributed by atoms with Crippen molar-refractivity contribution in [3.8, 4) is 5.75 Å². The third-order valence-corrected chi connectivity index (χ3v) is 6.40. The largest absolute Gasteiger partial charge is 0.488 e. The second-order valence-corrected chi connectivity index (χ2v) is 9.66. The van der Waals surface area contributed by atoms with E-state index in [2.05, 4.69) is 10.3 Å². The summed E-state index contributed by atoms with van der Waals surface area (Å²) in [5.74, 6) is -3.00. The number of pyridine rings is 1. The number of ether oxygens (including phenoxy) is 1. The Balaban J connectivity index is 1.78. The normalized spacial score (nSPS) is 15.7. The first-order chi connectivity index (χ1) is 19.0. The van der Waals surface area contributed by atoms with Crippen molar-refractivity contribution in [1.29, 1.82) is 0 Å². The van der Waals surface area contributed by atoms with Gasteiger partial charge in [0.1, 0.15) is 5.69 Å². The van der Waals surface area contributed by atoms with Crippen LogP contribution < -0.4 is 20.9 Å². The highest BCUT2D eigenvalue weighted by Gasteiger charge is 2.22. The second kappa shape index (κ2) is 14.5. The maximum atomic E-state index is 11.8. The summed E-state index contributed by atoms with van der Waals surface area (Å²) < 4.78 is 5.22. The second-order valence-electron chi connectivity index (χ2n) is 9.66. The van der Waals surface area contributed by atoms with Crippen LogP contribution in [0.3, 0.4) is 0 Å². The topological polar surface area (TPSA) is 190 Å². The van der Waals surface area contributed by atoms with Gasteiger partial charge in [0.25, 0.3) is 10.9 Å². The molecule has 0 atom stereocenters. The van der Waals surface area contributed by atoms with E-state index in [1.165, 1.54) is 0 Å². The third-order valence-electron chi connectivity index (χ3n) is 6.40. The van der Waals surface area contributed by atoms with E-state index in [9.17, 15) is 39.3 Å². The average molecular weight is 562 g/mol. The van der Waals surface area contributed by atoms with Crippen LogP contribution in [0.15, 0.2) is 21.7 Å². The van der Waals surface area contributed by atoms with Crippen molar-refractivity contribution in [2.24, 2.45) is 0 Å². The van der Waals surface area contributed by atoms with Crippen molar-refractivity contribution >= 4 is 23.6 Å². The van der Waals surface area contributed by atoms with Gasteiger partial charge in [-0.1, -0.05) is 0 Å². The minimum absolute atomic E-state index is 0.0568. The molecule has 3 rings (SSSR count). The molecule has 1 aromatic heterocycles. The molecule has 14 nitrogen and oxygen atoms in total. The van der Waals surface area contributed by atoms with Crippen molar-refractivity contribution in [3.63, 3.8) is 0 Å². The average Bonchev–Trinajstić information content (AvgIpc) is 2.87. The Morgan fingerprint density at radius 3 is 1.85 bits per heavy atom. The van der Waals surface area contributed by atoms with Crippen LogP contribution in [0.25, 0.3) is 0 Å². The number of hydrogen-bond donors (Lipinski definition) is 4. The van der Waals surface area contributed by atoms with Gasteiger partial charge >= 0.3 is 17.9 Å². The summed E-state index contributed by atoms with van der Waals surface area (Å²) in [4.78, 5) is 67.6. The van der Waals surface area contributed by atoms with Gasteiger partial charge in [0.2, 0.25) is 0 Å². The van der Waals surface area contributed by atoms with Crippen molar-refractivity contribution in [1.82, 2.24) is 19.7 Å². The van der Waals surface area contributed by atoms with Gasteiger partial charge in [0.05, 0.1) is 37.6 Å². The molecule has 0 saturated heterocycles. The molecule has 0 amide bonds. The summed E-state index contributed by atoms with van der Waals surface area (Å²) in [6.45, 7) is 3.25. The number of aromatic nitrogens is 1. The smallest absolute Gasteiger partial charge is 0.317 e. The molecule has 2 bridgehead atoms. The van der Waals surface area contributed by atoms with E-state index in [4.69, 9.17) is 4.74 Å². The van der Waals surface area contributed by atoms with Gasteiger partial charge in [0, 0.05) is 45.8 Å². The van der Waals surface area contributed by atoms with E-state index in [0.717, 1.165) is 5.56 Å². The Hall–Kier alpha value is -3.88. The Morgan fingerprint density at radius 1 is 0.850 bits per heavy atom. The molecule has 2 aromatic rings. The molecule has 0 saturated carbocycles. The SMILES string of the molecule is CCOc1c(NCCCc2cc3nc(c2)CN(CC(=O)O)CCN(CC(=O)O)CCN(CC(=O)O)C3)c(=O)c1=O. The van der Waals surface area contributed by atoms with Gasteiger partial charge in [-0.05, 0) is 37.5 Å². The van der Waals surface area contributed by atoms with Crippen LogP contribution >= 0.6 is 0 Å². The van der Waals surface area contributed by atoms with Crippen LogP contribution in [0.5, 0.6) is 5.75 Å². The molecule has 1 aromatic carbocycles. The highest BCUT2D eigenvalue weighted by atomic mass is 16.5. The highest BCUT2D eigenvalue weighted by Crippen LogP contribution is 2.18. The number of carboxylic acids is 3. The first-order valence-electron chi connectivity index (χ1n) is 13.1. The lowest BCUT2D eigenvalue weighted by atomic mass is 10.1. The van der Waals surface area contributed by atoms with Crippen LogP contribution in [-0.4, -0.2) is 112 Å². The van der Waals surface area contributed by atoms with Gasteiger partial charge in [-0.3, -0.25) is 43.7 Å². The molecule has 0 unspecified atom stereocenters. The van der Waals surface area contributed by atoms with E-state index < -0.39 is 28.8 Å². The van der Waals surface area contributed by atoms with Crippen molar-refractivity contribution in [2.45, 2.75) is 32.9 Å². The molecule has 1 aliphatic rings. The molecule has 2 heterocycles. The first-order valence-corrected chi connectivity index (χ1v) is 13.1. The Bertz CT molecular complexity index is 1230. The number of hydrogen-bond acceptors (Lipinski definition) is 11. The summed E-state index contributed by atoms with van der Waals surface area (Å²) in [6, 6.07) is 3.73. The molecule has 218 valence electrons. The van der Waals surface area contributed by atoms with E-state index in [1.807, 2.05) is 12.1 Å². The van der Waals surface area contributed by atoms with Crippen LogP contribution in [0.2, 0.25) is 0 Å². The van der Waals surface area contributed by atoms with Crippen molar-refractivity contribution in [3.05, 3.63) is 49.5 Å². The van der Waals surface area contributed by atoms with Gasteiger partial charge < -0.3 is 25.4 Å². The molecule has 40 heavy (non-hydrogen) atoms. The zero-order valence-corrected chi connectivity index (χ0v) is 22.4. The van der Waals surface area contributed by atoms with Crippen LogP contribution in [-0.2, 0) is 33.9 Å². The van der Waals surface area contributed by atoms with Crippen LogP contribution in [0, 0.1) is 0 Å². The number of nitrogens with one attached hydrogen (secondary N) is 1. The lowest BCUT2D eigenvalue weighted by Crippen LogP contribution is -2.44. The van der Waals surface area contributed by atoms with E-state index >= 15 is 0 Å². The van der Waals surface area contributed by atoms with E-state index in [-0.39, 0.29) is 63.9 Å². The third kappa shape index (κ3) is 9.10. The van der Waals surface area contributed by atoms with Gasteiger partial charge in [-0.2, -0.15) is 0 Å². The summed E-state index contributed by atoms with van der Waals surface area (Å²) >= 11 is 0. The van der Waals surface area contributed by atoms with E-state index in [0.29, 0.717) is 43.9 Å². The number of rotatable bonds is 13. The lowest BCUT2D eigenvalue weighted by Gasteiger charge is -2.29. The summed E-state index contributed by atoms with van der Waals surface area (Å²) in [5, 5.41) is 31.1. The fraction of sp³-hybridized carbons (Fsp3) is 0.538. The molecule has 0 radical (unpaired) electrons. The monoisotopic (exact) mass is 561 g/mol. The number of aryl methyl sites for hydroxylation is 1. The molecule has 1 aliphatic heterocycles. The lowest BCUT2D eigenvalue weighted by molar-refractivity contribution is -0.140. The Morgan fingerprint density at radius 2 is 1.35 bits per heavy atom. The van der Waals surface area contributed by atoms with E-state index in [1.54, 1.807) is 21.6 Å². The standard InChI is InChI=1S/C26H35N5O9/c1-2-40-26-23(24(38)25(26)39)27-5-3-4-17-10-18-12-30(15-21(34)35)8-6-29(14-20(32)33)7-9-31(16-22(36)37)13-19(11-17)28-18/h10-11,27H,2-9,12-16H2,1H3,(H,32,33)(H,34,35)(H,36,37). The molecule has 0 fully saturated rings. The van der Waals surface area contributed by atoms with Gasteiger partial charge in [-0.15, -0.1) is 0 Å². The highest BCUT2D eigenvalue weighted by molar-refractivity contribution is 5.70. The number of fused-ring (bicyclic) bond motifs is 2. The predicted molar refractivity (Wildman–Crippen MR) is 143 cm³/mol.